The molecule has 1 rings (SSSR count). The van der Waals surface area contributed by atoms with Crippen LogP contribution in [0.15, 0.2) is 0 Å². The van der Waals surface area contributed by atoms with Crippen molar-refractivity contribution in [2.75, 3.05) is 33.4 Å². The highest BCUT2D eigenvalue weighted by Gasteiger charge is 2.17. The number of aliphatic hydroxyl groups is 1. The third-order valence-corrected chi connectivity index (χ3v) is 2.87. The van der Waals surface area contributed by atoms with Crippen molar-refractivity contribution in [2.24, 2.45) is 5.92 Å². The van der Waals surface area contributed by atoms with Crippen molar-refractivity contribution >= 4 is 0 Å². The summed E-state index contributed by atoms with van der Waals surface area (Å²) in [6.45, 7) is 9.66. The second-order valence-electron chi connectivity index (χ2n) is 4.82. The first-order valence-electron chi connectivity index (χ1n) is 6.50. The van der Waals surface area contributed by atoms with E-state index < -0.39 is 0 Å². The molecular formula is C13H29NO2. The van der Waals surface area contributed by atoms with Gasteiger partial charge < -0.3 is 14.7 Å². The molecule has 0 unspecified atom stereocenters. The first-order chi connectivity index (χ1) is 7.61. The van der Waals surface area contributed by atoms with Crippen LogP contribution in [0, 0.1) is 5.92 Å². The Kier molecular flexibility index (Phi) is 9.99. The minimum Gasteiger partial charge on any atom is -0.397 e. The van der Waals surface area contributed by atoms with E-state index in [0.717, 1.165) is 25.2 Å². The molecule has 1 heterocycles. The molecule has 1 fully saturated rings. The molecular weight excluding hydrogens is 202 g/mol. The molecule has 0 radical (unpaired) electrons. The number of rotatable bonds is 4. The molecule has 1 aliphatic rings. The zero-order chi connectivity index (χ0) is 12.4. The van der Waals surface area contributed by atoms with Gasteiger partial charge in [-0.3, -0.25) is 0 Å². The van der Waals surface area contributed by atoms with Crippen LogP contribution in [0.2, 0.25) is 0 Å². The second kappa shape index (κ2) is 10.1. The molecule has 0 aromatic carbocycles. The maximum atomic E-state index is 7.57. The second-order valence-corrected chi connectivity index (χ2v) is 4.82. The third-order valence-electron chi connectivity index (χ3n) is 2.87. The summed E-state index contributed by atoms with van der Waals surface area (Å²) in [6.07, 6.45) is 3.75. The van der Waals surface area contributed by atoms with Crippen LogP contribution in [-0.2, 0) is 4.74 Å². The Hall–Kier alpha value is -0.120. The lowest BCUT2D eigenvalue weighted by atomic mass is 10.1. The van der Waals surface area contributed by atoms with Crippen molar-refractivity contribution in [3.8, 4) is 0 Å². The van der Waals surface area contributed by atoms with E-state index in [4.69, 9.17) is 9.84 Å². The van der Waals surface area contributed by atoms with E-state index >= 15 is 0 Å². The summed E-state index contributed by atoms with van der Waals surface area (Å²) in [5.74, 6) is 0.822. The Balaban J connectivity index is 0.000000673. The van der Waals surface area contributed by atoms with Gasteiger partial charge in [-0.15, -0.1) is 0 Å². The van der Waals surface area contributed by atoms with Crippen LogP contribution < -0.4 is 0 Å². The number of ether oxygens (including phenoxy) is 1. The van der Waals surface area contributed by atoms with Crippen LogP contribution in [0.1, 0.15) is 40.0 Å². The Morgan fingerprint density at radius 1 is 1.31 bits per heavy atom. The lowest BCUT2D eigenvalue weighted by Crippen LogP contribution is -2.37. The highest BCUT2D eigenvalue weighted by Crippen LogP contribution is 2.13. The van der Waals surface area contributed by atoms with Gasteiger partial charge in [0.15, 0.2) is 0 Å². The molecule has 0 aromatic heterocycles. The van der Waals surface area contributed by atoms with E-state index in [1.807, 2.05) is 0 Å². The molecule has 98 valence electrons. The molecule has 0 aliphatic carbocycles. The number of hydrogen-bond donors (Lipinski definition) is 1. The Morgan fingerprint density at radius 3 is 2.25 bits per heavy atom. The average Bonchev–Trinajstić information content (AvgIpc) is 2.28. The zero-order valence-corrected chi connectivity index (χ0v) is 11.4. The molecule has 0 atom stereocenters. The minimum absolute atomic E-state index is 0.250. The lowest BCUT2D eigenvalue weighted by Gasteiger charge is -2.31. The van der Waals surface area contributed by atoms with Crippen LogP contribution in [0.5, 0.6) is 0 Å². The molecule has 0 bridgehead atoms. The van der Waals surface area contributed by atoms with E-state index in [9.17, 15) is 0 Å². The minimum atomic E-state index is 0.250. The molecule has 1 saturated heterocycles. The van der Waals surface area contributed by atoms with Gasteiger partial charge in [-0.05, 0) is 45.7 Å². The highest BCUT2D eigenvalue weighted by atomic mass is 16.5. The van der Waals surface area contributed by atoms with Gasteiger partial charge in [-0.25, -0.2) is 0 Å². The van der Waals surface area contributed by atoms with E-state index in [2.05, 4.69) is 25.8 Å². The van der Waals surface area contributed by atoms with Gasteiger partial charge in [-0.1, -0.05) is 13.8 Å². The van der Waals surface area contributed by atoms with Gasteiger partial charge in [0.1, 0.15) is 0 Å². The number of hydrogen-bond acceptors (Lipinski definition) is 3. The summed E-state index contributed by atoms with van der Waals surface area (Å²) in [7, 11) is 2.25. The summed E-state index contributed by atoms with van der Waals surface area (Å²) in [4.78, 5) is 2.50. The predicted molar refractivity (Wildman–Crippen MR) is 68.7 cm³/mol. The first-order valence-corrected chi connectivity index (χ1v) is 6.50. The van der Waals surface area contributed by atoms with Gasteiger partial charge in [0, 0.05) is 25.9 Å². The fraction of sp³-hybridized carbons (Fsp3) is 1.00. The smallest absolute Gasteiger partial charge is 0.0480 e. The Labute approximate surface area is 101 Å². The normalized spacial score (nSPS) is 17.4. The maximum Gasteiger partial charge on any atom is 0.0480 e. The van der Waals surface area contributed by atoms with Gasteiger partial charge in [0.25, 0.3) is 0 Å². The van der Waals surface area contributed by atoms with E-state index in [-0.39, 0.29) is 6.61 Å². The van der Waals surface area contributed by atoms with Crippen molar-refractivity contribution in [2.45, 2.75) is 46.1 Å². The Morgan fingerprint density at radius 2 is 1.81 bits per heavy atom. The molecule has 1 aliphatic heterocycles. The van der Waals surface area contributed by atoms with Crippen molar-refractivity contribution in [3.05, 3.63) is 0 Å². The lowest BCUT2D eigenvalue weighted by molar-refractivity contribution is 0.0418. The molecule has 0 amide bonds. The van der Waals surface area contributed by atoms with Crippen LogP contribution in [0.25, 0.3) is 0 Å². The van der Waals surface area contributed by atoms with Gasteiger partial charge in [-0.2, -0.15) is 0 Å². The molecule has 0 aromatic rings. The summed E-state index contributed by atoms with van der Waals surface area (Å²) in [5.41, 5.74) is 0. The highest BCUT2D eigenvalue weighted by molar-refractivity contribution is 4.71. The summed E-state index contributed by atoms with van der Waals surface area (Å²) in [6, 6.07) is 0.771. The average molecular weight is 231 g/mol. The molecule has 16 heavy (non-hydrogen) atoms. The predicted octanol–water partition coefficient (Wildman–Crippen LogP) is 2.14. The van der Waals surface area contributed by atoms with E-state index in [1.54, 1.807) is 6.92 Å². The standard InChI is InChI=1S/C11H23NO.C2H6O/c1-10(2)4-7-12(3)11-5-8-13-9-6-11;1-2-3/h10-11H,4-9H2,1-3H3;3H,2H2,1H3. The van der Waals surface area contributed by atoms with Crippen LogP contribution in [0.3, 0.4) is 0 Å². The Bertz CT molecular complexity index is 145. The third kappa shape index (κ3) is 8.08. The molecule has 0 spiro atoms. The molecule has 1 N–H and O–H groups in total. The van der Waals surface area contributed by atoms with E-state index in [0.29, 0.717) is 0 Å². The topological polar surface area (TPSA) is 32.7 Å². The monoisotopic (exact) mass is 231 g/mol. The van der Waals surface area contributed by atoms with Crippen molar-refractivity contribution in [1.29, 1.82) is 0 Å². The molecule has 0 saturated carbocycles. The summed E-state index contributed by atoms with van der Waals surface area (Å²) >= 11 is 0. The van der Waals surface area contributed by atoms with Crippen molar-refractivity contribution in [3.63, 3.8) is 0 Å². The number of nitrogens with zero attached hydrogens (tertiary/aromatic N) is 1. The fourth-order valence-electron chi connectivity index (χ4n) is 1.77. The van der Waals surface area contributed by atoms with Crippen LogP contribution in [-0.4, -0.2) is 49.5 Å². The van der Waals surface area contributed by atoms with Crippen LogP contribution >= 0.6 is 0 Å². The zero-order valence-electron chi connectivity index (χ0n) is 11.4. The number of aliphatic hydroxyl groups excluding tert-OH is 1. The van der Waals surface area contributed by atoms with Crippen LogP contribution in [0.4, 0.5) is 0 Å². The largest absolute Gasteiger partial charge is 0.397 e. The van der Waals surface area contributed by atoms with Gasteiger partial charge in [0.2, 0.25) is 0 Å². The quantitative estimate of drug-likeness (QED) is 0.804. The van der Waals surface area contributed by atoms with Crippen molar-refractivity contribution < 1.29 is 9.84 Å². The summed E-state index contributed by atoms with van der Waals surface area (Å²) < 4.78 is 5.35. The van der Waals surface area contributed by atoms with Crippen molar-refractivity contribution in [1.82, 2.24) is 4.90 Å². The molecule has 3 heteroatoms. The first kappa shape index (κ1) is 15.9. The van der Waals surface area contributed by atoms with Gasteiger partial charge in [0.05, 0.1) is 0 Å². The SMILES string of the molecule is CC(C)CCN(C)C1CCOCC1.CCO. The van der Waals surface area contributed by atoms with Gasteiger partial charge >= 0.3 is 0 Å². The molecule has 3 nitrogen and oxygen atoms in total. The van der Waals surface area contributed by atoms with E-state index in [1.165, 1.54) is 25.8 Å². The maximum absolute atomic E-state index is 7.57. The summed E-state index contributed by atoms with van der Waals surface area (Å²) in [5, 5.41) is 7.57. The fourth-order valence-corrected chi connectivity index (χ4v) is 1.77.